The average molecular weight is 208 g/mol. The van der Waals surface area contributed by atoms with Crippen molar-refractivity contribution in [2.75, 3.05) is 6.54 Å². The first-order valence-electron chi connectivity index (χ1n) is 4.46. The van der Waals surface area contributed by atoms with Crippen LogP contribution < -0.4 is 10.6 Å². The van der Waals surface area contributed by atoms with Crippen molar-refractivity contribution in [1.82, 2.24) is 10.6 Å². The van der Waals surface area contributed by atoms with Gasteiger partial charge in [0.15, 0.2) is 5.11 Å². The molecule has 0 amide bonds. The van der Waals surface area contributed by atoms with Gasteiger partial charge in [0.1, 0.15) is 0 Å². The fourth-order valence-electron chi connectivity index (χ4n) is 1.47. The highest BCUT2D eigenvalue weighted by atomic mass is 32.1. The maximum absolute atomic E-state index is 12.7. The number of hydrogen-bond donors (Lipinski definition) is 2. The lowest BCUT2D eigenvalue weighted by molar-refractivity contribution is 0.00748. The lowest BCUT2D eigenvalue weighted by Crippen LogP contribution is -2.41. The molecule has 0 heterocycles. The number of hydrogen-bond acceptors (Lipinski definition) is 1. The molecule has 0 saturated heterocycles. The predicted octanol–water partition coefficient (Wildman–Crippen LogP) is 1.66. The minimum absolute atomic E-state index is 0.0284. The van der Waals surface area contributed by atoms with Crippen LogP contribution in [0.4, 0.5) is 8.78 Å². The molecule has 1 aliphatic carbocycles. The Balaban J connectivity index is 2.28. The summed E-state index contributed by atoms with van der Waals surface area (Å²) in [5, 5.41) is 6.23. The van der Waals surface area contributed by atoms with Crippen LogP contribution in [-0.2, 0) is 0 Å². The van der Waals surface area contributed by atoms with Crippen LogP contribution in [0.3, 0.4) is 0 Å². The Morgan fingerprint density at radius 1 is 1.62 bits per heavy atom. The van der Waals surface area contributed by atoms with Gasteiger partial charge in [0.25, 0.3) is 0 Å². The fraction of sp³-hybridized carbons (Fsp3) is 0.875. The first kappa shape index (κ1) is 10.6. The molecule has 1 fully saturated rings. The lowest BCUT2D eigenvalue weighted by atomic mass is 10.2. The summed E-state index contributed by atoms with van der Waals surface area (Å²) in [5.74, 6) is -2.50. The molecule has 76 valence electrons. The maximum Gasteiger partial charge on any atom is 0.250 e. The van der Waals surface area contributed by atoms with Gasteiger partial charge in [-0.2, -0.15) is 0 Å². The Morgan fingerprint density at radius 2 is 2.31 bits per heavy atom. The predicted molar refractivity (Wildman–Crippen MR) is 52.0 cm³/mol. The monoisotopic (exact) mass is 208 g/mol. The van der Waals surface area contributed by atoms with E-state index in [-0.39, 0.29) is 18.9 Å². The van der Waals surface area contributed by atoms with Crippen LogP contribution in [0, 0.1) is 0 Å². The highest BCUT2D eigenvalue weighted by Crippen LogP contribution is 2.34. The molecule has 1 atom stereocenters. The van der Waals surface area contributed by atoms with Gasteiger partial charge in [-0.05, 0) is 25.6 Å². The summed E-state index contributed by atoms with van der Waals surface area (Å²) in [5.41, 5.74) is 0. The summed E-state index contributed by atoms with van der Waals surface area (Å²) in [7, 11) is 0. The molecule has 1 rings (SSSR count). The van der Waals surface area contributed by atoms with Crippen LogP contribution in [0.5, 0.6) is 0 Å². The van der Waals surface area contributed by atoms with Crippen molar-refractivity contribution >= 4 is 17.3 Å². The summed E-state index contributed by atoms with van der Waals surface area (Å²) in [6, 6.07) is -0.165. The van der Waals surface area contributed by atoms with Gasteiger partial charge in [-0.15, -0.1) is 0 Å². The Hall–Kier alpha value is -0.450. The molecule has 13 heavy (non-hydrogen) atoms. The second-order valence-electron chi connectivity index (χ2n) is 3.30. The summed E-state index contributed by atoms with van der Waals surface area (Å²) in [6.45, 7) is 2.63. The molecule has 1 aliphatic rings. The van der Waals surface area contributed by atoms with Gasteiger partial charge in [0.2, 0.25) is 5.92 Å². The Bertz CT molecular complexity index is 197. The van der Waals surface area contributed by atoms with Crippen molar-refractivity contribution in [1.29, 1.82) is 0 Å². The van der Waals surface area contributed by atoms with E-state index in [9.17, 15) is 8.78 Å². The zero-order valence-electron chi connectivity index (χ0n) is 7.57. The van der Waals surface area contributed by atoms with E-state index in [4.69, 9.17) is 12.2 Å². The van der Waals surface area contributed by atoms with Crippen molar-refractivity contribution in [3.63, 3.8) is 0 Å². The molecule has 0 aromatic carbocycles. The van der Waals surface area contributed by atoms with E-state index in [1.807, 2.05) is 6.92 Å². The molecule has 0 aliphatic heterocycles. The molecule has 0 aromatic heterocycles. The summed E-state index contributed by atoms with van der Waals surface area (Å²) < 4.78 is 25.5. The van der Waals surface area contributed by atoms with Crippen LogP contribution in [0.25, 0.3) is 0 Å². The summed E-state index contributed by atoms with van der Waals surface area (Å²) in [4.78, 5) is 0. The van der Waals surface area contributed by atoms with Gasteiger partial charge in [-0.25, -0.2) is 8.78 Å². The Kier molecular flexibility index (Phi) is 3.41. The van der Waals surface area contributed by atoms with Crippen molar-refractivity contribution in [2.45, 2.75) is 38.2 Å². The zero-order chi connectivity index (χ0) is 9.90. The van der Waals surface area contributed by atoms with Gasteiger partial charge in [0.05, 0.1) is 0 Å². The molecule has 1 unspecified atom stereocenters. The molecule has 5 heteroatoms. The van der Waals surface area contributed by atoms with Crippen LogP contribution in [0.2, 0.25) is 0 Å². The second kappa shape index (κ2) is 4.17. The van der Waals surface area contributed by atoms with E-state index < -0.39 is 5.92 Å². The normalized spacial score (nSPS) is 25.6. The Morgan fingerprint density at radius 3 is 2.77 bits per heavy atom. The lowest BCUT2D eigenvalue weighted by Gasteiger charge is -2.15. The minimum atomic E-state index is -2.50. The van der Waals surface area contributed by atoms with Crippen molar-refractivity contribution < 1.29 is 8.78 Å². The van der Waals surface area contributed by atoms with Crippen LogP contribution >= 0.6 is 12.2 Å². The summed E-state index contributed by atoms with van der Waals surface area (Å²) in [6.07, 6.45) is 0.372. The van der Waals surface area contributed by atoms with Crippen LogP contribution in [0.15, 0.2) is 0 Å². The number of nitrogens with one attached hydrogen (secondary N) is 2. The number of thiocarbonyl (C=S) groups is 1. The quantitative estimate of drug-likeness (QED) is 0.675. The first-order valence-corrected chi connectivity index (χ1v) is 4.86. The molecule has 0 aromatic rings. The van der Waals surface area contributed by atoms with E-state index in [0.29, 0.717) is 11.5 Å². The van der Waals surface area contributed by atoms with Gasteiger partial charge >= 0.3 is 0 Å². The van der Waals surface area contributed by atoms with E-state index in [1.165, 1.54) is 0 Å². The third-order valence-electron chi connectivity index (χ3n) is 2.08. The molecule has 2 N–H and O–H groups in total. The first-order chi connectivity index (χ1) is 6.03. The standard InChI is InChI=1S/C8H14F2N2S/c1-2-11-7(13)12-6-3-4-8(9,10)5-6/h6H,2-5H2,1H3,(H2,11,12,13). The topological polar surface area (TPSA) is 24.1 Å². The molecular formula is C8H14F2N2S. The van der Waals surface area contributed by atoms with E-state index in [1.54, 1.807) is 0 Å². The highest BCUT2D eigenvalue weighted by Gasteiger charge is 2.39. The second-order valence-corrected chi connectivity index (χ2v) is 3.71. The van der Waals surface area contributed by atoms with Crippen LogP contribution in [-0.4, -0.2) is 23.6 Å². The minimum Gasteiger partial charge on any atom is -0.363 e. The number of halogens is 2. The van der Waals surface area contributed by atoms with Crippen molar-refractivity contribution in [3.8, 4) is 0 Å². The molecule has 0 radical (unpaired) electrons. The van der Waals surface area contributed by atoms with E-state index in [2.05, 4.69) is 10.6 Å². The molecular weight excluding hydrogens is 194 g/mol. The smallest absolute Gasteiger partial charge is 0.250 e. The molecule has 0 spiro atoms. The van der Waals surface area contributed by atoms with E-state index in [0.717, 1.165) is 6.54 Å². The van der Waals surface area contributed by atoms with Crippen LogP contribution in [0.1, 0.15) is 26.2 Å². The molecule has 2 nitrogen and oxygen atoms in total. The zero-order valence-corrected chi connectivity index (χ0v) is 8.39. The number of alkyl halides is 2. The maximum atomic E-state index is 12.7. The number of rotatable bonds is 2. The van der Waals surface area contributed by atoms with E-state index >= 15 is 0 Å². The van der Waals surface area contributed by atoms with Gasteiger partial charge in [0, 0.05) is 25.4 Å². The highest BCUT2D eigenvalue weighted by molar-refractivity contribution is 7.80. The largest absolute Gasteiger partial charge is 0.363 e. The van der Waals surface area contributed by atoms with Gasteiger partial charge < -0.3 is 10.6 Å². The molecule has 0 bridgehead atoms. The summed E-state index contributed by atoms with van der Waals surface area (Å²) >= 11 is 4.90. The molecule has 1 saturated carbocycles. The van der Waals surface area contributed by atoms with Crippen molar-refractivity contribution in [2.24, 2.45) is 0 Å². The third-order valence-corrected chi connectivity index (χ3v) is 2.34. The van der Waals surface area contributed by atoms with Gasteiger partial charge in [-0.1, -0.05) is 0 Å². The van der Waals surface area contributed by atoms with Gasteiger partial charge in [-0.3, -0.25) is 0 Å². The third kappa shape index (κ3) is 3.42. The average Bonchev–Trinajstić information content (AvgIpc) is 2.30. The Labute approximate surface area is 82.1 Å². The SMILES string of the molecule is CCNC(=S)NC1CCC(F)(F)C1. The fourth-order valence-corrected chi connectivity index (χ4v) is 1.78. The van der Waals surface area contributed by atoms with Crippen molar-refractivity contribution in [3.05, 3.63) is 0 Å².